The third-order valence-electron chi connectivity index (χ3n) is 4.97. The summed E-state index contributed by atoms with van der Waals surface area (Å²) in [5.41, 5.74) is 5.41. The molecule has 1 N–H and O–H groups in total. The van der Waals surface area contributed by atoms with Crippen LogP contribution in [0.2, 0.25) is 5.02 Å². The Bertz CT molecular complexity index is 1030. The SMILES string of the molecule is O=C(NCC=Cc1ccc(F)cc1Cl)OCC1c2ccccc2-c2ccccc21. The normalized spacial score (nSPS) is 12.6. The summed E-state index contributed by atoms with van der Waals surface area (Å²) in [5.74, 6) is -0.356. The zero-order chi connectivity index (χ0) is 20.2. The molecule has 1 aliphatic carbocycles. The van der Waals surface area contributed by atoms with Crippen molar-refractivity contribution in [1.82, 2.24) is 5.32 Å². The van der Waals surface area contributed by atoms with Crippen molar-refractivity contribution in [3.63, 3.8) is 0 Å². The summed E-state index contributed by atoms with van der Waals surface area (Å²) in [6.45, 7) is 0.553. The van der Waals surface area contributed by atoms with Gasteiger partial charge in [0.25, 0.3) is 0 Å². The Morgan fingerprint density at radius 1 is 1.03 bits per heavy atom. The minimum atomic E-state index is -0.485. The number of rotatable bonds is 5. The molecule has 0 aliphatic heterocycles. The van der Waals surface area contributed by atoms with Gasteiger partial charge >= 0.3 is 6.09 Å². The molecule has 146 valence electrons. The van der Waals surface area contributed by atoms with Crippen LogP contribution in [0, 0.1) is 5.82 Å². The highest BCUT2D eigenvalue weighted by Crippen LogP contribution is 2.44. The van der Waals surface area contributed by atoms with Gasteiger partial charge in [0.05, 0.1) is 5.02 Å². The average molecular weight is 408 g/mol. The molecule has 0 atom stereocenters. The number of hydrogen-bond acceptors (Lipinski definition) is 2. The summed E-state index contributed by atoms with van der Waals surface area (Å²) in [6.07, 6.45) is 2.98. The molecule has 4 rings (SSSR count). The van der Waals surface area contributed by atoms with E-state index in [9.17, 15) is 9.18 Å². The third kappa shape index (κ3) is 4.17. The number of fused-ring (bicyclic) bond motifs is 3. The quantitative estimate of drug-likeness (QED) is 0.560. The van der Waals surface area contributed by atoms with E-state index in [0.717, 1.165) is 0 Å². The second kappa shape index (κ2) is 8.50. The number of halogens is 2. The first kappa shape index (κ1) is 19.2. The third-order valence-corrected chi connectivity index (χ3v) is 5.30. The molecule has 3 aromatic rings. The molecule has 3 nitrogen and oxygen atoms in total. The minimum absolute atomic E-state index is 0.0294. The van der Waals surface area contributed by atoms with Crippen LogP contribution in [0.5, 0.6) is 0 Å². The van der Waals surface area contributed by atoms with Gasteiger partial charge in [0.1, 0.15) is 12.4 Å². The van der Waals surface area contributed by atoms with Gasteiger partial charge in [0.15, 0.2) is 0 Å². The van der Waals surface area contributed by atoms with Crippen LogP contribution in [0.4, 0.5) is 9.18 Å². The highest BCUT2D eigenvalue weighted by molar-refractivity contribution is 6.32. The molecule has 0 radical (unpaired) electrons. The van der Waals surface area contributed by atoms with Gasteiger partial charge in [-0.2, -0.15) is 0 Å². The van der Waals surface area contributed by atoms with Crippen molar-refractivity contribution in [2.24, 2.45) is 0 Å². The van der Waals surface area contributed by atoms with Crippen LogP contribution in [0.1, 0.15) is 22.6 Å². The monoisotopic (exact) mass is 407 g/mol. The lowest BCUT2D eigenvalue weighted by molar-refractivity contribution is 0.144. The van der Waals surface area contributed by atoms with E-state index in [4.69, 9.17) is 16.3 Å². The van der Waals surface area contributed by atoms with Crippen LogP contribution in [0.25, 0.3) is 17.2 Å². The fourth-order valence-corrected chi connectivity index (χ4v) is 3.84. The molecular weight excluding hydrogens is 389 g/mol. The van der Waals surface area contributed by atoms with E-state index in [2.05, 4.69) is 29.6 Å². The Kier molecular flexibility index (Phi) is 5.63. The van der Waals surface area contributed by atoms with Crippen molar-refractivity contribution in [3.05, 3.63) is 100 Å². The van der Waals surface area contributed by atoms with Crippen LogP contribution in [-0.2, 0) is 4.74 Å². The second-order valence-corrected chi connectivity index (χ2v) is 7.18. The summed E-state index contributed by atoms with van der Waals surface area (Å²) < 4.78 is 18.5. The maximum absolute atomic E-state index is 13.1. The largest absolute Gasteiger partial charge is 0.449 e. The fraction of sp³-hybridized carbons (Fsp3) is 0.125. The topological polar surface area (TPSA) is 38.3 Å². The van der Waals surface area contributed by atoms with Gasteiger partial charge in [-0.25, -0.2) is 9.18 Å². The van der Waals surface area contributed by atoms with Crippen LogP contribution in [0.3, 0.4) is 0 Å². The fourth-order valence-electron chi connectivity index (χ4n) is 3.61. The van der Waals surface area contributed by atoms with Crippen molar-refractivity contribution in [3.8, 4) is 11.1 Å². The van der Waals surface area contributed by atoms with Gasteiger partial charge in [0.2, 0.25) is 0 Å². The smallest absolute Gasteiger partial charge is 0.407 e. The number of ether oxygens (including phenoxy) is 1. The van der Waals surface area contributed by atoms with Crippen molar-refractivity contribution < 1.29 is 13.9 Å². The molecule has 0 heterocycles. The first-order valence-electron chi connectivity index (χ1n) is 9.34. The molecule has 0 saturated heterocycles. The Labute approximate surface area is 173 Å². The zero-order valence-corrected chi connectivity index (χ0v) is 16.3. The van der Waals surface area contributed by atoms with E-state index < -0.39 is 6.09 Å². The lowest BCUT2D eigenvalue weighted by Gasteiger charge is -2.14. The molecule has 0 saturated carbocycles. The van der Waals surface area contributed by atoms with E-state index in [1.165, 1.54) is 34.4 Å². The molecule has 0 spiro atoms. The molecule has 5 heteroatoms. The van der Waals surface area contributed by atoms with E-state index >= 15 is 0 Å². The molecule has 1 aliphatic rings. The summed E-state index contributed by atoms with van der Waals surface area (Å²) in [6, 6.07) is 20.6. The standard InChI is InChI=1S/C24H19ClFNO2/c25-23-14-17(26)12-11-16(23)6-5-13-27-24(28)29-15-22-20-9-3-1-7-18(20)19-8-2-4-10-21(19)22/h1-12,14,22H,13,15H2,(H,27,28). The average Bonchev–Trinajstić information content (AvgIpc) is 3.05. The number of hydrogen-bond donors (Lipinski definition) is 1. The van der Waals surface area contributed by atoms with Gasteiger partial charge in [-0.1, -0.05) is 78.4 Å². The molecule has 1 amide bonds. The van der Waals surface area contributed by atoms with Gasteiger partial charge < -0.3 is 10.1 Å². The number of carbonyl (C=O) groups excluding carboxylic acids is 1. The maximum atomic E-state index is 13.1. The molecule has 0 fully saturated rings. The highest BCUT2D eigenvalue weighted by Gasteiger charge is 2.28. The van der Waals surface area contributed by atoms with Crippen molar-refractivity contribution >= 4 is 23.8 Å². The lowest BCUT2D eigenvalue weighted by atomic mass is 9.98. The number of alkyl carbamates (subject to hydrolysis) is 1. The lowest BCUT2D eigenvalue weighted by Crippen LogP contribution is -2.26. The molecule has 0 bridgehead atoms. The van der Waals surface area contributed by atoms with E-state index in [0.29, 0.717) is 10.6 Å². The number of carbonyl (C=O) groups is 1. The Morgan fingerprint density at radius 2 is 1.69 bits per heavy atom. The molecule has 3 aromatic carbocycles. The Balaban J connectivity index is 1.34. The molecule has 29 heavy (non-hydrogen) atoms. The minimum Gasteiger partial charge on any atom is -0.449 e. The van der Waals surface area contributed by atoms with Crippen molar-refractivity contribution in [2.45, 2.75) is 5.92 Å². The first-order chi connectivity index (χ1) is 14.1. The molecule has 0 aromatic heterocycles. The maximum Gasteiger partial charge on any atom is 0.407 e. The van der Waals surface area contributed by atoms with Gasteiger partial charge in [0, 0.05) is 12.5 Å². The van der Waals surface area contributed by atoms with E-state index in [-0.39, 0.29) is 24.9 Å². The van der Waals surface area contributed by atoms with Crippen LogP contribution >= 0.6 is 11.6 Å². The van der Waals surface area contributed by atoms with Crippen LogP contribution in [0.15, 0.2) is 72.8 Å². The number of nitrogens with one attached hydrogen (secondary N) is 1. The predicted octanol–water partition coefficient (Wildman–Crippen LogP) is 6.03. The Morgan fingerprint density at radius 3 is 2.34 bits per heavy atom. The van der Waals surface area contributed by atoms with E-state index in [1.807, 2.05) is 24.3 Å². The summed E-state index contributed by atoms with van der Waals surface area (Å²) >= 11 is 5.97. The van der Waals surface area contributed by atoms with Gasteiger partial charge in [-0.05, 0) is 39.9 Å². The number of amides is 1. The summed E-state index contributed by atoms with van der Waals surface area (Å²) in [4.78, 5) is 12.1. The predicted molar refractivity (Wildman–Crippen MR) is 114 cm³/mol. The van der Waals surface area contributed by atoms with Crippen molar-refractivity contribution in [1.29, 1.82) is 0 Å². The van der Waals surface area contributed by atoms with Crippen molar-refractivity contribution in [2.75, 3.05) is 13.2 Å². The Hall–Kier alpha value is -3.11. The summed E-state index contributed by atoms with van der Waals surface area (Å²) in [7, 11) is 0. The first-order valence-corrected chi connectivity index (χ1v) is 9.71. The molecular formula is C24H19ClFNO2. The van der Waals surface area contributed by atoms with Gasteiger partial charge in [-0.3, -0.25) is 0 Å². The highest BCUT2D eigenvalue weighted by atomic mass is 35.5. The van der Waals surface area contributed by atoms with Gasteiger partial charge in [-0.15, -0.1) is 0 Å². The van der Waals surface area contributed by atoms with E-state index in [1.54, 1.807) is 18.2 Å². The number of benzene rings is 3. The molecule has 0 unspecified atom stereocenters. The van der Waals surface area contributed by atoms with Crippen LogP contribution < -0.4 is 5.32 Å². The second-order valence-electron chi connectivity index (χ2n) is 6.77. The van der Waals surface area contributed by atoms with Crippen LogP contribution in [-0.4, -0.2) is 19.2 Å². The zero-order valence-electron chi connectivity index (χ0n) is 15.6. The summed E-state index contributed by atoms with van der Waals surface area (Å²) in [5, 5.41) is 3.01.